The Kier molecular flexibility index (Phi) is 7.49. The molecule has 0 saturated carbocycles. The van der Waals surface area contributed by atoms with E-state index in [1.54, 1.807) is 24.1 Å². The molecule has 2 heterocycles. The van der Waals surface area contributed by atoms with Crippen LogP contribution in [0, 0.1) is 0 Å². The van der Waals surface area contributed by atoms with Crippen molar-refractivity contribution < 1.29 is 22.7 Å². The smallest absolute Gasteiger partial charge is 0.260 e. The highest BCUT2D eigenvalue weighted by Crippen LogP contribution is 2.33. The summed E-state index contributed by atoms with van der Waals surface area (Å²) in [4.78, 5) is 20.3. The van der Waals surface area contributed by atoms with Crippen molar-refractivity contribution in [3.8, 4) is 5.75 Å². The number of carbonyl (C=O) groups excluding carboxylic acids is 1. The maximum atomic E-state index is 13.8. The van der Waals surface area contributed by atoms with Gasteiger partial charge in [0.25, 0.3) is 5.91 Å². The summed E-state index contributed by atoms with van der Waals surface area (Å²) in [5.74, 6) is 0.425. The van der Waals surface area contributed by atoms with Gasteiger partial charge in [-0.3, -0.25) is 9.69 Å². The molecule has 198 valence electrons. The van der Waals surface area contributed by atoms with Crippen molar-refractivity contribution in [1.82, 2.24) is 9.29 Å². The number of fused-ring (bicyclic) bond motifs is 1. The summed E-state index contributed by atoms with van der Waals surface area (Å²) in [6.07, 6.45) is -0.371. The number of ether oxygens (including phenoxy) is 2. The number of nitrogens with zero attached hydrogens (tertiary/aromatic N) is 3. The van der Waals surface area contributed by atoms with Crippen LogP contribution in [0.15, 0.2) is 77.7 Å². The van der Waals surface area contributed by atoms with Crippen LogP contribution in [0.4, 0.5) is 5.13 Å². The van der Waals surface area contributed by atoms with Gasteiger partial charge in [-0.1, -0.05) is 41.7 Å². The molecule has 1 aliphatic rings. The third kappa shape index (κ3) is 5.44. The Balaban J connectivity index is 1.45. The van der Waals surface area contributed by atoms with Crippen molar-refractivity contribution in [3.63, 3.8) is 0 Å². The van der Waals surface area contributed by atoms with Crippen molar-refractivity contribution in [3.05, 3.63) is 83.9 Å². The molecule has 0 spiro atoms. The molecular formula is C28H29N3O5S2. The standard InChI is InChI=1S/C28H29N3O5S2/c1-19-16-30(17-20(2)36-19)38(33,34)24-12-9-22(10-13-24)27(32)31(18-21-7-5-4-6-8-21)28-29-25-15-23(35-3)11-14-26(25)37-28/h4-15,19-20H,16-18H2,1-3H3. The average molecular weight is 552 g/mol. The quantitative estimate of drug-likeness (QED) is 0.323. The van der Waals surface area contributed by atoms with Crippen molar-refractivity contribution in [1.29, 1.82) is 0 Å². The van der Waals surface area contributed by atoms with E-state index in [4.69, 9.17) is 14.5 Å². The number of thiazole rings is 1. The molecule has 0 bridgehead atoms. The molecule has 2 unspecified atom stereocenters. The van der Waals surface area contributed by atoms with E-state index >= 15 is 0 Å². The van der Waals surface area contributed by atoms with Gasteiger partial charge < -0.3 is 9.47 Å². The molecule has 0 radical (unpaired) electrons. The molecule has 1 aromatic heterocycles. The number of methoxy groups -OCH3 is 1. The second-order valence-corrected chi connectivity index (χ2v) is 12.3. The normalized spacial score (nSPS) is 18.4. The van der Waals surface area contributed by atoms with Crippen LogP contribution < -0.4 is 9.64 Å². The predicted molar refractivity (Wildman–Crippen MR) is 148 cm³/mol. The van der Waals surface area contributed by atoms with Crippen LogP contribution in [0.5, 0.6) is 5.75 Å². The number of sulfonamides is 1. The van der Waals surface area contributed by atoms with Crippen LogP contribution in [0.1, 0.15) is 29.8 Å². The fourth-order valence-electron chi connectivity index (χ4n) is 4.53. The zero-order chi connectivity index (χ0) is 26.9. The monoisotopic (exact) mass is 551 g/mol. The summed E-state index contributed by atoms with van der Waals surface area (Å²) in [5, 5.41) is 0.551. The fourth-order valence-corrected chi connectivity index (χ4v) is 7.07. The number of carbonyl (C=O) groups is 1. The third-order valence-electron chi connectivity index (χ3n) is 6.37. The van der Waals surface area contributed by atoms with Gasteiger partial charge in [0.1, 0.15) is 5.75 Å². The van der Waals surface area contributed by atoms with Gasteiger partial charge in [-0.15, -0.1) is 0 Å². The molecule has 0 aliphatic carbocycles. The lowest BCUT2D eigenvalue weighted by molar-refractivity contribution is -0.0440. The SMILES string of the molecule is COc1ccc2sc(N(Cc3ccccc3)C(=O)c3ccc(S(=O)(=O)N4CC(C)OC(C)C4)cc3)nc2c1. The fraction of sp³-hybridized carbons (Fsp3) is 0.286. The van der Waals surface area contributed by atoms with Crippen molar-refractivity contribution in [2.75, 3.05) is 25.1 Å². The molecule has 5 rings (SSSR count). The Morgan fingerprint density at radius 2 is 1.74 bits per heavy atom. The van der Waals surface area contributed by atoms with Crippen molar-refractivity contribution in [2.45, 2.75) is 37.5 Å². The number of rotatable bonds is 7. The second-order valence-electron chi connectivity index (χ2n) is 9.31. The lowest BCUT2D eigenvalue weighted by atomic mass is 10.1. The number of aromatic nitrogens is 1. The van der Waals surface area contributed by atoms with E-state index in [-0.39, 0.29) is 23.0 Å². The van der Waals surface area contributed by atoms with Crippen LogP contribution in [-0.4, -0.2) is 56.0 Å². The summed E-state index contributed by atoms with van der Waals surface area (Å²) in [6, 6.07) is 21.4. The highest BCUT2D eigenvalue weighted by molar-refractivity contribution is 7.89. The van der Waals surface area contributed by atoms with Crippen LogP contribution in [0.2, 0.25) is 0 Å². The number of benzene rings is 3. The van der Waals surface area contributed by atoms with E-state index in [2.05, 4.69) is 0 Å². The first kappa shape index (κ1) is 26.3. The van der Waals surface area contributed by atoms with Crippen LogP contribution >= 0.6 is 11.3 Å². The minimum Gasteiger partial charge on any atom is -0.497 e. The Morgan fingerprint density at radius 3 is 2.39 bits per heavy atom. The summed E-state index contributed by atoms with van der Waals surface area (Å²) >= 11 is 1.42. The van der Waals surface area contributed by atoms with Crippen LogP contribution in [-0.2, 0) is 21.3 Å². The lowest BCUT2D eigenvalue weighted by Crippen LogP contribution is -2.48. The van der Waals surface area contributed by atoms with Crippen LogP contribution in [0.3, 0.4) is 0 Å². The van der Waals surface area contributed by atoms with E-state index in [0.29, 0.717) is 36.1 Å². The molecule has 1 saturated heterocycles. The number of amides is 1. The molecule has 3 aromatic carbocycles. The largest absolute Gasteiger partial charge is 0.497 e. The summed E-state index contributed by atoms with van der Waals surface area (Å²) < 4.78 is 39.9. The Bertz CT molecular complexity index is 1530. The van der Waals surface area contributed by atoms with E-state index in [1.165, 1.54) is 27.8 Å². The molecule has 2 atom stereocenters. The van der Waals surface area contributed by atoms with Crippen molar-refractivity contribution in [2.24, 2.45) is 0 Å². The summed E-state index contributed by atoms with van der Waals surface area (Å²) in [5.41, 5.74) is 2.07. The van der Waals surface area contributed by atoms with Gasteiger partial charge in [-0.25, -0.2) is 13.4 Å². The summed E-state index contributed by atoms with van der Waals surface area (Å²) in [6.45, 7) is 4.63. The Morgan fingerprint density at radius 1 is 1.05 bits per heavy atom. The molecule has 8 nitrogen and oxygen atoms in total. The van der Waals surface area contributed by atoms with Gasteiger partial charge in [0.2, 0.25) is 10.0 Å². The number of anilines is 1. The Hall–Kier alpha value is -3.31. The highest BCUT2D eigenvalue weighted by Gasteiger charge is 2.32. The van der Waals surface area contributed by atoms with Gasteiger partial charge in [0.15, 0.2) is 5.13 Å². The molecule has 4 aromatic rings. The van der Waals surface area contributed by atoms with Crippen LogP contribution in [0.25, 0.3) is 10.2 Å². The summed E-state index contributed by atoms with van der Waals surface area (Å²) in [7, 11) is -2.11. The molecule has 1 fully saturated rings. The highest BCUT2D eigenvalue weighted by atomic mass is 32.2. The zero-order valence-corrected chi connectivity index (χ0v) is 23.0. The Labute approximate surface area is 226 Å². The number of hydrogen-bond donors (Lipinski definition) is 0. The van der Waals surface area contributed by atoms with Gasteiger partial charge in [-0.2, -0.15) is 4.31 Å². The average Bonchev–Trinajstić information content (AvgIpc) is 3.34. The first-order valence-electron chi connectivity index (χ1n) is 12.3. The molecular weight excluding hydrogens is 522 g/mol. The van der Waals surface area contributed by atoms with Gasteiger partial charge in [0, 0.05) is 24.7 Å². The number of hydrogen-bond acceptors (Lipinski definition) is 7. The van der Waals surface area contributed by atoms with Gasteiger partial charge >= 0.3 is 0 Å². The minimum atomic E-state index is -3.71. The van der Waals surface area contributed by atoms with E-state index < -0.39 is 10.0 Å². The van der Waals surface area contributed by atoms with E-state index in [9.17, 15) is 13.2 Å². The lowest BCUT2D eigenvalue weighted by Gasteiger charge is -2.34. The zero-order valence-electron chi connectivity index (χ0n) is 21.4. The molecule has 1 aliphatic heterocycles. The first-order valence-corrected chi connectivity index (χ1v) is 14.6. The minimum absolute atomic E-state index is 0.150. The first-order chi connectivity index (χ1) is 18.2. The molecule has 38 heavy (non-hydrogen) atoms. The molecule has 1 amide bonds. The maximum Gasteiger partial charge on any atom is 0.260 e. The van der Waals surface area contributed by atoms with Gasteiger partial charge in [-0.05, 0) is 55.8 Å². The molecule has 0 N–H and O–H groups in total. The van der Waals surface area contributed by atoms with E-state index in [0.717, 1.165) is 15.8 Å². The van der Waals surface area contributed by atoms with Crippen molar-refractivity contribution >= 4 is 42.6 Å². The maximum absolute atomic E-state index is 13.8. The molecule has 10 heteroatoms. The second kappa shape index (κ2) is 10.8. The predicted octanol–water partition coefficient (Wildman–Crippen LogP) is 4.95. The number of morpholine rings is 1. The van der Waals surface area contributed by atoms with Gasteiger partial charge in [0.05, 0.1) is 41.0 Å². The third-order valence-corrected chi connectivity index (χ3v) is 9.27. The topological polar surface area (TPSA) is 89.0 Å². The van der Waals surface area contributed by atoms with E-state index in [1.807, 2.05) is 62.4 Å².